The topological polar surface area (TPSA) is 80.6 Å². The van der Waals surface area contributed by atoms with Gasteiger partial charge >= 0.3 is 0 Å². The first-order valence-electron chi connectivity index (χ1n) is 10.5. The van der Waals surface area contributed by atoms with E-state index < -0.39 is 5.91 Å². The Balaban J connectivity index is 1.64. The lowest BCUT2D eigenvalue weighted by molar-refractivity contribution is -0.120. The second-order valence-electron chi connectivity index (χ2n) is 7.51. The number of carbonyl (C=O) groups is 2. The fourth-order valence-corrected chi connectivity index (χ4v) is 3.95. The van der Waals surface area contributed by atoms with Crippen LogP contribution in [-0.2, 0) is 4.79 Å². The van der Waals surface area contributed by atoms with Crippen LogP contribution in [0.4, 0.5) is 11.4 Å². The van der Waals surface area contributed by atoms with Crippen LogP contribution in [0.1, 0.15) is 49.6 Å². The van der Waals surface area contributed by atoms with Gasteiger partial charge in [-0.15, -0.1) is 0 Å². The Morgan fingerprint density at radius 1 is 1.00 bits per heavy atom. The standard InChI is InChI=1S/C24H26N2O4/c1-2-29-20-15-9-7-13-18(20)25-24(28)22-21(17-12-6-8-14-19(17)30-22)26-23(27)16-10-4-3-5-11-16/h6-9,12-16H,2-5,10-11H2,1H3,(H,25,28)(H,26,27). The molecule has 1 heterocycles. The van der Waals surface area contributed by atoms with Gasteiger partial charge in [0, 0.05) is 11.3 Å². The number of rotatable bonds is 6. The summed E-state index contributed by atoms with van der Waals surface area (Å²) in [7, 11) is 0. The molecule has 0 spiro atoms. The molecule has 0 bridgehead atoms. The van der Waals surface area contributed by atoms with E-state index in [0.717, 1.165) is 25.7 Å². The van der Waals surface area contributed by atoms with Crippen molar-refractivity contribution in [3.05, 3.63) is 54.3 Å². The number of amides is 2. The van der Waals surface area contributed by atoms with E-state index in [1.54, 1.807) is 18.2 Å². The van der Waals surface area contributed by atoms with Crippen LogP contribution in [0, 0.1) is 5.92 Å². The van der Waals surface area contributed by atoms with Crippen molar-refractivity contribution in [3.8, 4) is 5.75 Å². The van der Waals surface area contributed by atoms with Gasteiger partial charge in [0.1, 0.15) is 17.0 Å². The molecule has 6 nitrogen and oxygen atoms in total. The highest BCUT2D eigenvalue weighted by atomic mass is 16.5. The summed E-state index contributed by atoms with van der Waals surface area (Å²) in [5, 5.41) is 6.55. The number of hydrogen-bond acceptors (Lipinski definition) is 4. The predicted octanol–water partition coefficient (Wildman–Crippen LogP) is 5.60. The fraction of sp³-hybridized carbons (Fsp3) is 0.333. The zero-order valence-corrected chi connectivity index (χ0v) is 17.1. The van der Waals surface area contributed by atoms with Gasteiger partial charge in [0.15, 0.2) is 0 Å². The van der Waals surface area contributed by atoms with Crippen LogP contribution in [0.25, 0.3) is 11.0 Å². The van der Waals surface area contributed by atoms with Gasteiger partial charge in [-0.3, -0.25) is 9.59 Å². The maximum Gasteiger partial charge on any atom is 0.293 e. The van der Waals surface area contributed by atoms with Crippen molar-refractivity contribution >= 4 is 34.2 Å². The molecule has 2 aromatic carbocycles. The summed E-state index contributed by atoms with van der Waals surface area (Å²) in [5.41, 5.74) is 1.53. The third kappa shape index (κ3) is 4.17. The fourth-order valence-electron chi connectivity index (χ4n) is 3.95. The molecule has 2 amide bonds. The molecule has 6 heteroatoms. The average molecular weight is 406 g/mol. The molecule has 30 heavy (non-hydrogen) atoms. The lowest BCUT2D eigenvalue weighted by atomic mass is 9.88. The van der Waals surface area contributed by atoms with Crippen molar-refractivity contribution in [1.82, 2.24) is 0 Å². The smallest absolute Gasteiger partial charge is 0.293 e. The number of para-hydroxylation sites is 3. The van der Waals surface area contributed by atoms with Crippen molar-refractivity contribution in [2.45, 2.75) is 39.0 Å². The van der Waals surface area contributed by atoms with E-state index in [9.17, 15) is 9.59 Å². The molecule has 1 aliphatic carbocycles. The van der Waals surface area contributed by atoms with Crippen LogP contribution in [0.2, 0.25) is 0 Å². The minimum absolute atomic E-state index is 0.0259. The maximum atomic E-state index is 13.1. The molecule has 0 aliphatic heterocycles. The van der Waals surface area contributed by atoms with Crippen LogP contribution in [0.3, 0.4) is 0 Å². The molecule has 0 saturated heterocycles. The number of furan rings is 1. The van der Waals surface area contributed by atoms with Crippen LogP contribution in [0.15, 0.2) is 52.9 Å². The zero-order valence-electron chi connectivity index (χ0n) is 17.1. The highest BCUT2D eigenvalue weighted by Gasteiger charge is 2.27. The molecule has 2 N–H and O–H groups in total. The second kappa shape index (κ2) is 9.03. The summed E-state index contributed by atoms with van der Waals surface area (Å²) in [6.07, 6.45) is 5.05. The molecule has 3 aromatic rings. The van der Waals surface area contributed by atoms with Crippen molar-refractivity contribution in [1.29, 1.82) is 0 Å². The van der Waals surface area contributed by atoms with Crippen molar-refractivity contribution < 1.29 is 18.7 Å². The molecule has 4 rings (SSSR count). The van der Waals surface area contributed by atoms with Gasteiger partial charge in [-0.25, -0.2) is 0 Å². The Bertz CT molecular complexity index is 1050. The minimum Gasteiger partial charge on any atom is -0.492 e. The SMILES string of the molecule is CCOc1ccccc1NC(=O)c1oc2ccccc2c1NC(=O)C1CCCCC1. The van der Waals surface area contributed by atoms with Gasteiger partial charge in [-0.1, -0.05) is 43.5 Å². The number of anilines is 2. The van der Waals surface area contributed by atoms with Crippen LogP contribution in [-0.4, -0.2) is 18.4 Å². The Morgan fingerprint density at radius 3 is 2.53 bits per heavy atom. The Kier molecular flexibility index (Phi) is 6.02. The molecule has 156 valence electrons. The summed E-state index contributed by atoms with van der Waals surface area (Å²) in [4.78, 5) is 26.0. The molecule has 1 fully saturated rings. The first-order valence-corrected chi connectivity index (χ1v) is 10.5. The number of ether oxygens (including phenoxy) is 1. The molecule has 0 atom stereocenters. The summed E-state index contributed by atoms with van der Waals surface area (Å²) in [6, 6.07) is 14.6. The summed E-state index contributed by atoms with van der Waals surface area (Å²) >= 11 is 0. The van der Waals surface area contributed by atoms with E-state index in [0.29, 0.717) is 34.7 Å². The number of nitrogens with one attached hydrogen (secondary N) is 2. The van der Waals surface area contributed by atoms with E-state index in [1.807, 2.05) is 37.3 Å². The van der Waals surface area contributed by atoms with Crippen molar-refractivity contribution in [3.63, 3.8) is 0 Å². The summed E-state index contributed by atoms with van der Waals surface area (Å²) in [6.45, 7) is 2.37. The van der Waals surface area contributed by atoms with E-state index in [-0.39, 0.29) is 17.6 Å². The van der Waals surface area contributed by atoms with Crippen LogP contribution >= 0.6 is 0 Å². The lowest BCUT2D eigenvalue weighted by Crippen LogP contribution is -2.25. The van der Waals surface area contributed by atoms with E-state index in [4.69, 9.17) is 9.15 Å². The van der Waals surface area contributed by atoms with Gasteiger partial charge in [0.25, 0.3) is 5.91 Å². The van der Waals surface area contributed by atoms with Crippen LogP contribution < -0.4 is 15.4 Å². The van der Waals surface area contributed by atoms with Crippen LogP contribution in [0.5, 0.6) is 5.75 Å². The van der Waals surface area contributed by atoms with Crippen molar-refractivity contribution in [2.75, 3.05) is 17.2 Å². The first-order chi connectivity index (χ1) is 14.7. The minimum atomic E-state index is -0.433. The van der Waals surface area contributed by atoms with Gasteiger partial charge in [-0.2, -0.15) is 0 Å². The zero-order chi connectivity index (χ0) is 20.9. The largest absolute Gasteiger partial charge is 0.492 e. The Morgan fingerprint density at radius 2 is 1.73 bits per heavy atom. The molecule has 1 aliphatic rings. The number of carbonyl (C=O) groups excluding carboxylic acids is 2. The quantitative estimate of drug-likeness (QED) is 0.558. The van der Waals surface area contributed by atoms with E-state index in [1.165, 1.54) is 6.42 Å². The second-order valence-corrected chi connectivity index (χ2v) is 7.51. The Labute approximate surface area is 175 Å². The average Bonchev–Trinajstić information content (AvgIpc) is 3.14. The van der Waals surface area contributed by atoms with Gasteiger partial charge in [0.05, 0.1) is 12.3 Å². The number of hydrogen-bond donors (Lipinski definition) is 2. The van der Waals surface area contributed by atoms with Gasteiger partial charge in [0.2, 0.25) is 11.7 Å². The third-order valence-corrected chi connectivity index (χ3v) is 5.46. The molecule has 1 aromatic heterocycles. The molecule has 0 radical (unpaired) electrons. The summed E-state index contributed by atoms with van der Waals surface area (Å²) in [5.74, 6) is 0.160. The lowest BCUT2D eigenvalue weighted by Gasteiger charge is -2.20. The van der Waals surface area contributed by atoms with Gasteiger partial charge in [-0.05, 0) is 44.0 Å². The number of benzene rings is 2. The molecule has 1 saturated carbocycles. The molecular formula is C24H26N2O4. The normalized spacial score (nSPS) is 14.4. The monoisotopic (exact) mass is 406 g/mol. The van der Waals surface area contributed by atoms with Crippen molar-refractivity contribution in [2.24, 2.45) is 5.92 Å². The maximum absolute atomic E-state index is 13.1. The summed E-state index contributed by atoms with van der Waals surface area (Å²) < 4.78 is 11.4. The van der Waals surface area contributed by atoms with E-state index in [2.05, 4.69) is 10.6 Å². The third-order valence-electron chi connectivity index (χ3n) is 5.46. The van der Waals surface area contributed by atoms with Gasteiger partial charge < -0.3 is 19.8 Å². The predicted molar refractivity (Wildman–Crippen MR) is 117 cm³/mol. The first kappa shape index (κ1) is 20.0. The molecular weight excluding hydrogens is 380 g/mol. The van der Waals surface area contributed by atoms with E-state index >= 15 is 0 Å². The highest BCUT2D eigenvalue weighted by molar-refractivity contribution is 6.15. The molecule has 0 unspecified atom stereocenters. The Hall–Kier alpha value is -3.28. The highest BCUT2D eigenvalue weighted by Crippen LogP contribution is 2.34. The number of fused-ring (bicyclic) bond motifs is 1.